The molecule has 19 heavy (non-hydrogen) atoms. The molecule has 0 atom stereocenters. The summed E-state index contributed by atoms with van der Waals surface area (Å²) in [5.74, 6) is 0.582. The highest BCUT2D eigenvalue weighted by Gasteiger charge is 2.04. The van der Waals surface area contributed by atoms with Crippen molar-refractivity contribution in [3.8, 4) is 11.5 Å². The standard InChI is InChI=1S/C16H17NO2/c1-12-6-3-4-7-13(12)10-17-11-14-8-5-9-15(19-2)16(14)18/h3-9,11,18H,10H2,1-2H3. The van der Waals surface area contributed by atoms with Gasteiger partial charge in [0.05, 0.1) is 13.7 Å². The molecule has 2 aromatic rings. The number of methoxy groups -OCH3 is 1. The van der Waals surface area contributed by atoms with Gasteiger partial charge in [0.15, 0.2) is 11.5 Å². The van der Waals surface area contributed by atoms with Gasteiger partial charge in [-0.3, -0.25) is 4.99 Å². The second-order valence-electron chi connectivity index (χ2n) is 4.29. The molecule has 0 aromatic heterocycles. The van der Waals surface area contributed by atoms with E-state index in [4.69, 9.17) is 4.74 Å². The van der Waals surface area contributed by atoms with E-state index in [2.05, 4.69) is 24.0 Å². The Hall–Kier alpha value is -2.29. The highest BCUT2D eigenvalue weighted by atomic mass is 16.5. The predicted octanol–water partition coefficient (Wildman–Crippen LogP) is 3.33. The van der Waals surface area contributed by atoms with Crippen LogP contribution in [0.25, 0.3) is 0 Å². The van der Waals surface area contributed by atoms with Gasteiger partial charge in [-0.05, 0) is 30.2 Å². The number of benzene rings is 2. The Morgan fingerprint density at radius 3 is 2.68 bits per heavy atom. The topological polar surface area (TPSA) is 41.8 Å². The fourth-order valence-corrected chi connectivity index (χ4v) is 1.84. The van der Waals surface area contributed by atoms with Crippen molar-refractivity contribution < 1.29 is 9.84 Å². The van der Waals surface area contributed by atoms with Gasteiger partial charge in [0, 0.05) is 11.8 Å². The number of phenolic OH excluding ortho intramolecular Hbond substituents is 1. The molecular weight excluding hydrogens is 238 g/mol. The third kappa shape index (κ3) is 3.13. The predicted molar refractivity (Wildman–Crippen MR) is 77.1 cm³/mol. The van der Waals surface area contributed by atoms with Gasteiger partial charge in [0.2, 0.25) is 0 Å². The molecule has 0 fully saturated rings. The van der Waals surface area contributed by atoms with Crippen LogP contribution in [0.3, 0.4) is 0 Å². The summed E-state index contributed by atoms with van der Waals surface area (Å²) in [5.41, 5.74) is 3.06. The fourth-order valence-electron chi connectivity index (χ4n) is 1.84. The third-order valence-electron chi connectivity index (χ3n) is 3.00. The van der Waals surface area contributed by atoms with Crippen LogP contribution < -0.4 is 4.74 Å². The summed E-state index contributed by atoms with van der Waals surface area (Å²) in [6, 6.07) is 13.5. The lowest BCUT2D eigenvalue weighted by atomic mass is 10.1. The lowest BCUT2D eigenvalue weighted by molar-refractivity contribution is 0.373. The average Bonchev–Trinajstić information content (AvgIpc) is 2.43. The van der Waals surface area contributed by atoms with E-state index in [-0.39, 0.29) is 5.75 Å². The summed E-state index contributed by atoms with van der Waals surface area (Å²) >= 11 is 0. The largest absolute Gasteiger partial charge is 0.504 e. The van der Waals surface area contributed by atoms with Crippen LogP contribution >= 0.6 is 0 Å². The van der Waals surface area contributed by atoms with E-state index in [1.807, 2.05) is 18.2 Å². The number of para-hydroxylation sites is 1. The quantitative estimate of drug-likeness (QED) is 0.851. The minimum Gasteiger partial charge on any atom is -0.504 e. The van der Waals surface area contributed by atoms with Gasteiger partial charge in [-0.1, -0.05) is 30.3 Å². The maximum atomic E-state index is 9.92. The van der Waals surface area contributed by atoms with Crippen molar-refractivity contribution in [2.75, 3.05) is 7.11 Å². The minimum atomic E-state index is 0.124. The number of hydrogen-bond donors (Lipinski definition) is 1. The van der Waals surface area contributed by atoms with E-state index in [9.17, 15) is 5.11 Å². The van der Waals surface area contributed by atoms with E-state index in [1.165, 1.54) is 18.2 Å². The van der Waals surface area contributed by atoms with Crippen LogP contribution in [0.1, 0.15) is 16.7 Å². The zero-order valence-electron chi connectivity index (χ0n) is 11.1. The molecule has 2 aromatic carbocycles. The second-order valence-corrected chi connectivity index (χ2v) is 4.29. The summed E-state index contributed by atoms with van der Waals surface area (Å²) < 4.78 is 5.06. The Bertz CT molecular complexity index is 591. The van der Waals surface area contributed by atoms with Gasteiger partial charge in [-0.25, -0.2) is 0 Å². The molecular formula is C16H17NO2. The molecule has 98 valence electrons. The van der Waals surface area contributed by atoms with Crippen molar-refractivity contribution in [2.45, 2.75) is 13.5 Å². The molecule has 0 aliphatic carbocycles. The van der Waals surface area contributed by atoms with E-state index in [1.54, 1.807) is 18.3 Å². The van der Waals surface area contributed by atoms with E-state index in [0.717, 1.165) is 0 Å². The molecule has 0 bridgehead atoms. The molecule has 0 unspecified atom stereocenters. The van der Waals surface area contributed by atoms with Crippen LogP contribution in [0.5, 0.6) is 11.5 Å². The molecule has 0 radical (unpaired) electrons. The first-order chi connectivity index (χ1) is 9.22. The molecule has 2 rings (SSSR count). The van der Waals surface area contributed by atoms with Gasteiger partial charge < -0.3 is 9.84 Å². The van der Waals surface area contributed by atoms with Gasteiger partial charge in [-0.2, -0.15) is 0 Å². The Morgan fingerprint density at radius 2 is 1.95 bits per heavy atom. The lowest BCUT2D eigenvalue weighted by Crippen LogP contribution is -1.90. The summed E-state index contributed by atoms with van der Waals surface area (Å²) in [6.45, 7) is 2.66. The van der Waals surface area contributed by atoms with Gasteiger partial charge in [0.1, 0.15) is 0 Å². The van der Waals surface area contributed by atoms with E-state index >= 15 is 0 Å². The molecule has 3 heteroatoms. The molecule has 0 spiro atoms. The highest BCUT2D eigenvalue weighted by molar-refractivity contribution is 5.84. The Morgan fingerprint density at radius 1 is 1.16 bits per heavy atom. The van der Waals surface area contributed by atoms with Crippen LogP contribution in [-0.2, 0) is 6.54 Å². The van der Waals surface area contributed by atoms with Gasteiger partial charge in [0.25, 0.3) is 0 Å². The smallest absolute Gasteiger partial charge is 0.166 e. The fraction of sp³-hybridized carbons (Fsp3) is 0.188. The van der Waals surface area contributed by atoms with Crippen molar-refractivity contribution in [2.24, 2.45) is 4.99 Å². The van der Waals surface area contributed by atoms with Crippen molar-refractivity contribution >= 4 is 6.21 Å². The molecule has 0 heterocycles. The normalized spacial score (nSPS) is 10.8. The number of ether oxygens (including phenoxy) is 1. The average molecular weight is 255 g/mol. The number of nitrogens with zero attached hydrogens (tertiary/aromatic N) is 1. The molecule has 1 N–H and O–H groups in total. The van der Waals surface area contributed by atoms with Crippen LogP contribution in [0.15, 0.2) is 47.5 Å². The number of hydrogen-bond acceptors (Lipinski definition) is 3. The van der Waals surface area contributed by atoms with Crippen LogP contribution in [0.2, 0.25) is 0 Å². The first-order valence-corrected chi connectivity index (χ1v) is 6.12. The highest BCUT2D eigenvalue weighted by Crippen LogP contribution is 2.28. The molecule has 3 nitrogen and oxygen atoms in total. The number of aromatic hydroxyl groups is 1. The molecule has 0 aliphatic rings. The number of aliphatic imine (C=N–C) groups is 1. The molecule has 0 amide bonds. The molecule has 0 aliphatic heterocycles. The van der Waals surface area contributed by atoms with Crippen molar-refractivity contribution in [1.82, 2.24) is 0 Å². The zero-order chi connectivity index (χ0) is 13.7. The maximum absolute atomic E-state index is 9.92. The van der Waals surface area contributed by atoms with Crippen LogP contribution in [0, 0.1) is 6.92 Å². The SMILES string of the molecule is COc1cccc(C=NCc2ccccc2C)c1O. The van der Waals surface area contributed by atoms with Gasteiger partial charge >= 0.3 is 0 Å². The Kier molecular flexibility index (Phi) is 4.18. The summed E-state index contributed by atoms with van der Waals surface area (Å²) in [7, 11) is 1.53. The third-order valence-corrected chi connectivity index (χ3v) is 3.00. The number of rotatable bonds is 4. The summed E-state index contributed by atoms with van der Waals surface area (Å²) in [4.78, 5) is 4.37. The molecule has 0 saturated heterocycles. The second kappa shape index (κ2) is 6.05. The Labute approximate surface area is 113 Å². The first kappa shape index (κ1) is 13.1. The summed E-state index contributed by atoms with van der Waals surface area (Å²) in [6.07, 6.45) is 1.67. The first-order valence-electron chi connectivity index (χ1n) is 6.12. The Balaban J connectivity index is 2.14. The summed E-state index contributed by atoms with van der Waals surface area (Å²) in [5, 5.41) is 9.92. The van der Waals surface area contributed by atoms with E-state index < -0.39 is 0 Å². The van der Waals surface area contributed by atoms with Crippen LogP contribution in [-0.4, -0.2) is 18.4 Å². The lowest BCUT2D eigenvalue weighted by Gasteiger charge is -2.05. The minimum absolute atomic E-state index is 0.124. The monoisotopic (exact) mass is 255 g/mol. The maximum Gasteiger partial charge on any atom is 0.166 e. The van der Waals surface area contributed by atoms with Gasteiger partial charge in [-0.15, -0.1) is 0 Å². The number of phenols is 1. The van der Waals surface area contributed by atoms with E-state index in [0.29, 0.717) is 17.9 Å². The number of aryl methyl sites for hydroxylation is 1. The van der Waals surface area contributed by atoms with Crippen molar-refractivity contribution in [1.29, 1.82) is 0 Å². The van der Waals surface area contributed by atoms with Crippen LogP contribution in [0.4, 0.5) is 0 Å². The van der Waals surface area contributed by atoms with Crippen molar-refractivity contribution in [3.05, 3.63) is 59.2 Å². The van der Waals surface area contributed by atoms with Crippen molar-refractivity contribution in [3.63, 3.8) is 0 Å². The zero-order valence-corrected chi connectivity index (χ0v) is 11.1. The molecule has 0 saturated carbocycles.